The third-order valence-corrected chi connectivity index (χ3v) is 4.36. The van der Waals surface area contributed by atoms with Gasteiger partial charge in [-0.1, -0.05) is 12.1 Å². The average molecular weight is 343 g/mol. The number of carbonyl (C=O) groups excluding carboxylic acids is 2. The van der Waals surface area contributed by atoms with E-state index in [2.05, 4.69) is 5.32 Å². The Kier molecular flexibility index (Phi) is 4.50. The number of para-hydroxylation sites is 1. The van der Waals surface area contributed by atoms with Crippen LogP contribution in [0.15, 0.2) is 42.1 Å². The zero-order chi connectivity index (χ0) is 18.1. The number of fused-ring (bicyclic) bond motifs is 2. The van der Waals surface area contributed by atoms with Crippen molar-refractivity contribution in [2.45, 2.75) is 18.7 Å². The van der Waals surface area contributed by atoms with Crippen LogP contribution in [-0.2, 0) is 4.79 Å². The molecule has 1 aromatic carbocycles. The number of amides is 2. The van der Waals surface area contributed by atoms with Crippen molar-refractivity contribution >= 4 is 17.5 Å². The van der Waals surface area contributed by atoms with Gasteiger partial charge in [-0.2, -0.15) is 0 Å². The van der Waals surface area contributed by atoms with Crippen molar-refractivity contribution in [3.05, 3.63) is 47.7 Å². The lowest BCUT2D eigenvalue weighted by Gasteiger charge is -2.24. The Labute approximate surface area is 146 Å². The second-order valence-electron chi connectivity index (χ2n) is 6.23. The Morgan fingerprint density at radius 1 is 1.44 bits per heavy atom. The van der Waals surface area contributed by atoms with Gasteiger partial charge in [0.25, 0.3) is 5.91 Å². The topological polar surface area (TPSA) is 82.1 Å². The molecule has 0 saturated heterocycles. The molecule has 7 heteroatoms. The van der Waals surface area contributed by atoms with Crippen LogP contribution in [0.4, 0.5) is 5.69 Å². The summed E-state index contributed by atoms with van der Waals surface area (Å²) >= 11 is 0. The molecule has 0 bridgehead atoms. The number of rotatable bonds is 3. The summed E-state index contributed by atoms with van der Waals surface area (Å²) in [4.78, 5) is 27.6. The Morgan fingerprint density at radius 2 is 2.20 bits per heavy atom. The van der Waals surface area contributed by atoms with Gasteiger partial charge in [0.05, 0.1) is 24.4 Å². The van der Waals surface area contributed by atoms with Crippen LogP contribution in [0, 0.1) is 0 Å². The van der Waals surface area contributed by atoms with Crippen LogP contribution in [0.1, 0.15) is 16.8 Å². The minimum atomic E-state index is -0.951. The molecule has 0 aliphatic carbocycles. The van der Waals surface area contributed by atoms with Crippen LogP contribution < -0.4 is 10.1 Å². The molecule has 7 nitrogen and oxygen atoms in total. The molecule has 0 radical (unpaired) electrons. The van der Waals surface area contributed by atoms with Gasteiger partial charge in [-0.25, -0.2) is 0 Å². The standard InChI is InChI=1S/C18H21N3O4/c1-20(2)15(22)8-7-11-9-13-17(23)19-16-12(18(24)21(13)10-11)5-4-6-14(16)25-3/h4-8,10,13,17,19,23H,9H2,1-3H3/t13-,17+/m0/s1. The predicted octanol–water partition coefficient (Wildman–Crippen LogP) is 1.18. The van der Waals surface area contributed by atoms with E-state index in [0.29, 0.717) is 23.4 Å². The van der Waals surface area contributed by atoms with Gasteiger partial charge in [0.15, 0.2) is 0 Å². The zero-order valence-electron chi connectivity index (χ0n) is 14.4. The first-order chi connectivity index (χ1) is 11.9. The molecule has 2 aliphatic heterocycles. The highest BCUT2D eigenvalue weighted by molar-refractivity contribution is 6.02. The monoisotopic (exact) mass is 343 g/mol. The normalized spacial score (nSPS) is 22.0. The lowest BCUT2D eigenvalue weighted by molar-refractivity contribution is -0.123. The van der Waals surface area contributed by atoms with E-state index in [1.165, 1.54) is 23.0 Å². The van der Waals surface area contributed by atoms with Gasteiger partial charge >= 0.3 is 0 Å². The number of hydrogen-bond acceptors (Lipinski definition) is 5. The summed E-state index contributed by atoms with van der Waals surface area (Å²) < 4.78 is 5.28. The summed E-state index contributed by atoms with van der Waals surface area (Å²) in [5.74, 6) is 0.153. The summed E-state index contributed by atoms with van der Waals surface area (Å²) in [6, 6.07) is 4.72. The summed E-state index contributed by atoms with van der Waals surface area (Å²) in [7, 11) is 4.86. The molecule has 0 fully saturated rings. The Morgan fingerprint density at radius 3 is 2.88 bits per heavy atom. The largest absolute Gasteiger partial charge is 0.495 e. The predicted molar refractivity (Wildman–Crippen MR) is 93.1 cm³/mol. The average Bonchev–Trinajstić information content (AvgIpc) is 2.99. The fraction of sp³-hybridized carbons (Fsp3) is 0.333. The molecule has 2 amide bonds. The van der Waals surface area contributed by atoms with Crippen LogP contribution in [0.2, 0.25) is 0 Å². The molecule has 2 N–H and O–H groups in total. The number of nitrogens with one attached hydrogen (secondary N) is 1. The number of allylic oxidation sites excluding steroid dienone is 1. The highest BCUT2D eigenvalue weighted by atomic mass is 16.5. The van der Waals surface area contributed by atoms with E-state index in [0.717, 1.165) is 5.57 Å². The molecule has 0 saturated carbocycles. The SMILES string of the molecule is COc1cccc2c1N[C@H](O)[C@@H]1CC(C=CC(=O)N(C)C)=CN1C2=O. The van der Waals surface area contributed by atoms with Crippen LogP contribution in [-0.4, -0.2) is 60.2 Å². The number of methoxy groups -OCH3 is 1. The van der Waals surface area contributed by atoms with Crippen LogP contribution in [0.5, 0.6) is 5.75 Å². The van der Waals surface area contributed by atoms with Crippen molar-refractivity contribution < 1.29 is 19.4 Å². The number of aliphatic hydroxyl groups is 1. The fourth-order valence-electron chi connectivity index (χ4n) is 2.99. The number of aliphatic hydroxyl groups excluding tert-OH is 1. The first-order valence-corrected chi connectivity index (χ1v) is 7.96. The molecule has 2 aliphatic rings. The minimum absolute atomic E-state index is 0.136. The smallest absolute Gasteiger partial charge is 0.260 e. The number of hydrogen-bond donors (Lipinski definition) is 2. The first kappa shape index (κ1) is 17.0. The van der Waals surface area contributed by atoms with Gasteiger partial charge in [0.1, 0.15) is 12.0 Å². The Balaban J connectivity index is 1.92. The van der Waals surface area contributed by atoms with Crippen molar-refractivity contribution in [3.63, 3.8) is 0 Å². The van der Waals surface area contributed by atoms with Gasteiger partial charge in [0.2, 0.25) is 5.91 Å². The van der Waals surface area contributed by atoms with Crippen LogP contribution in [0.25, 0.3) is 0 Å². The lowest BCUT2D eigenvalue weighted by Crippen LogP contribution is -2.42. The van der Waals surface area contributed by atoms with Gasteiger partial charge in [-0.3, -0.25) is 9.59 Å². The number of benzene rings is 1. The maximum Gasteiger partial charge on any atom is 0.260 e. The van der Waals surface area contributed by atoms with E-state index in [9.17, 15) is 14.7 Å². The van der Waals surface area contributed by atoms with E-state index in [-0.39, 0.29) is 11.8 Å². The van der Waals surface area contributed by atoms with E-state index in [1.807, 2.05) is 0 Å². The molecule has 0 unspecified atom stereocenters. The third kappa shape index (κ3) is 3.10. The third-order valence-electron chi connectivity index (χ3n) is 4.36. The van der Waals surface area contributed by atoms with Crippen molar-refractivity contribution in [2.75, 3.05) is 26.5 Å². The number of ether oxygens (including phenoxy) is 1. The molecular formula is C18H21N3O4. The van der Waals surface area contributed by atoms with E-state index >= 15 is 0 Å². The molecule has 25 heavy (non-hydrogen) atoms. The van der Waals surface area contributed by atoms with E-state index in [1.54, 1.807) is 44.6 Å². The van der Waals surface area contributed by atoms with E-state index in [4.69, 9.17) is 4.74 Å². The van der Waals surface area contributed by atoms with Gasteiger partial charge in [-0.05, 0) is 24.1 Å². The minimum Gasteiger partial charge on any atom is -0.495 e. The quantitative estimate of drug-likeness (QED) is 0.806. The van der Waals surface area contributed by atoms with Crippen molar-refractivity contribution in [3.8, 4) is 5.75 Å². The first-order valence-electron chi connectivity index (χ1n) is 7.96. The fourth-order valence-corrected chi connectivity index (χ4v) is 2.99. The van der Waals surface area contributed by atoms with Gasteiger partial charge in [0, 0.05) is 26.4 Å². The number of carbonyl (C=O) groups is 2. The zero-order valence-corrected chi connectivity index (χ0v) is 14.4. The lowest BCUT2D eigenvalue weighted by atomic mass is 10.1. The van der Waals surface area contributed by atoms with Crippen LogP contribution >= 0.6 is 0 Å². The molecule has 1 aromatic rings. The molecule has 3 rings (SSSR count). The van der Waals surface area contributed by atoms with Crippen molar-refractivity contribution in [2.24, 2.45) is 0 Å². The number of likely N-dealkylation sites (N-methyl/N-ethyl adjacent to an activating group) is 1. The number of nitrogens with zero attached hydrogens (tertiary/aromatic N) is 2. The maximum atomic E-state index is 12.9. The number of anilines is 1. The van der Waals surface area contributed by atoms with Gasteiger partial charge < -0.3 is 25.0 Å². The Bertz CT molecular complexity index is 770. The second-order valence-corrected chi connectivity index (χ2v) is 6.23. The summed E-state index contributed by atoms with van der Waals surface area (Å²) in [6.07, 6.45) is 4.33. The van der Waals surface area contributed by atoms with Crippen molar-refractivity contribution in [1.29, 1.82) is 0 Å². The highest BCUT2D eigenvalue weighted by Gasteiger charge is 2.39. The summed E-state index contributed by atoms with van der Waals surface area (Å²) in [5, 5.41) is 13.5. The van der Waals surface area contributed by atoms with Crippen LogP contribution in [0.3, 0.4) is 0 Å². The summed E-state index contributed by atoms with van der Waals surface area (Å²) in [6.45, 7) is 0. The highest BCUT2D eigenvalue weighted by Crippen LogP contribution is 2.37. The summed E-state index contributed by atoms with van der Waals surface area (Å²) in [5.41, 5.74) is 1.73. The Hall–Kier alpha value is -2.80. The molecule has 2 heterocycles. The molecule has 0 aromatic heterocycles. The van der Waals surface area contributed by atoms with Gasteiger partial charge in [-0.15, -0.1) is 0 Å². The molecule has 0 spiro atoms. The molecule has 2 atom stereocenters. The van der Waals surface area contributed by atoms with E-state index < -0.39 is 12.3 Å². The van der Waals surface area contributed by atoms with Crippen molar-refractivity contribution in [1.82, 2.24) is 9.80 Å². The second kappa shape index (κ2) is 6.60. The molecular weight excluding hydrogens is 322 g/mol. The molecule has 132 valence electrons. The maximum absolute atomic E-state index is 12.9.